The molecule has 0 radical (unpaired) electrons. The van der Waals surface area contributed by atoms with Crippen LogP contribution in [0.15, 0.2) is 47.0 Å². The van der Waals surface area contributed by atoms with Crippen molar-refractivity contribution in [3.05, 3.63) is 58.1 Å². The average molecular weight is 339 g/mol. The first-order valence-corrected chi connectivity index (χ1v) is 9.25. The Bertz CT molecular complexity index is 811. The predicted octanol–water partition coefficient (Wildman–Crippen LogP) is 5.00. The van der Waals surface area contributed by atoms with Gasteiger partial charge in [-0.05, 0) is 45.4 Å². The lowest BCUT2D eigenvalue weighted by molar-refractivity contribution is 0.161. The summed E-state index contributed by atoms with van der Waals surface area (Å²) in [6.07, 6.45) is 2.41. The third-order valence-corrected chi connectivity index (χ3v) is 5.81. The number of aromatic nitrogens is 2. The molecular formula is C19H21N3OS. The molecule has 2 atom stereocenters. The third kappa shape index (κ3) is 2.89. The van der Waals surface area contributed by atoms with Crippen molar-refractivity contribution in [1.82, 2.24) is 15.0 Å². The van der Waals surface area contributed by atoms with Crippen molar-refractivity contribution in [2.75, 3.05) is 6.54 Å². The van der Waals surface area contributed by atoms with Gasteiger partial charge in [0.15, 0.2) is 0 Å². The second-order valence-electron chi connectivity index (χ2n) is 6.34. The minimum atomic E-state index is 0.130. The molecule has 1 aromatic carbocycles. The van der Waals surface area contributed by atoms with Gasteiger partial charge in [0.1, 0.15) is 0 Å². The van der Waals surface area contributed by atoms with Crippen molar-refractivity contribution < 1.29 is 4.52 Å². The van der Waals surface area contributed by atoms with Crippen LogP contribution in [0.3, 0.4) is 0 Å². The van der Waals surface area contributed by atoms with E-state index in [1.165, 1.54) is 22.6 Å². The lowest BCUT2D eigenvalue weighted by Gasteiger charge is -2.27. The maximum atomic E-state index is 5.58. The van der Waals surface area contributed by atoms with Crippen molar-refractivity contribution in [3.8, 4) is 11.4 Å². The third-order valence-electron chi connectivity index (χ3n) is 4.71. The number of nitrogens with zero attached hydrogens (tertiary/aromatic N) is 3. The maximum Gasteiger partial charge on any atom is 0.244 e. The molecule has 0 bridgehead atoms. The van der Waals surface area contributed by atoms with Crippen LogP contribution in [0, 0.1) is 6.92 Å². The number of likely N-dealkylation sites (tertiary alicyclic amines) is 1. The van der Waals surface area contributed by atoms with Gasteiger partial charge in [-0.25, -0.2) is 0 Å². The summed E-state index contributed by atoms with van der Waals surface area (Å²) < 4.78 is 5.58. The molecule has 4 nitrogen and oxygen atoms in total. The van der Waals surface area contributed by atoms with E-state index < -0.39 is 0 Å². The molecule has 5 heteroatoms. The molecule has 3 aromatic rings. The molecule has 0 amide bonds. The van der Waals surface area contributed by atoms with E-state index in [0.29, 0.717) is 17.8 Å². The van der Waals surface area contributed by atoms with E-state index in [1.807, 2.05) is 41.7 Å². The Hall–Kier alpha value is -1.98. The van der Waals surface area contributed by atoms with E-state index in [4.69, 9.17) is 4.52 Å². The van der Waals surface area contributed by atoms with Gasteiger partial charge in [0.05, 0.1) is 6.04 Å². The largest absolute Gasteiger partial charge is 0.337 e. The van der Waals surface area contributed by atoms with Gasteiger partial charge in [-0.3, -0.25) is 4.90 Å². The molecule has 0 N–H and O–H groups in total. The fourth-order valence-electron chi connectivity index (χ4n) is 3.44. The summed E-state index contributed by atoms with van der Waals surface area (Å²) in [4.78, 5) is 9.95. The summed E-state index contributed by atoms with van der Waals surface area (Å²) in [5.74, 6) is 1.37. The molecular weight excluding hydrogens is 318 g/mol. The van der Waals surface area contributed by atoms with Crippen LogP contribution < -0.4 is 0 Å². The molecule has 3 heterocycles. The SMILES string of the molecule is Cc1ccc(C2CCCN2C(C)c2nc(-c3ccccc3)no2)s1. The minimum Gasteiger partial charge on any atom is -0.337 e. The van der Waals surface area contributed by atoms with E-state index >= 15 is 0 Å². The Morgan fingerprint density at radius 1 is 1.21 bits per heavy atom. The quantitative estimate of drug-likeness (QED) is 0.670. The molecule has 0 aliphatic carbocycles. The van der Waals surface area contributed by atoms with E-state index in [9.17, 15) is 0 Å². The zero-order valence-electron chi connectivity index (χ0n) is 14.0. The summed E-state index contributed by atoms with van der Waals surface area (Å²) in [7, 11) is 0. The van der Waals surface area contributed by atoms with Crippen LogP contribution in [0.2, 0.25) is 0 Å². The fourth-order valence-corrected chi connectivity index (χ4v) is 4.48. The predicted molar refractivity (Wildman–Crippen MR) is 95.9 cm³/mol. The summed E-state index contributed by atoms with van der Waals surface area (Å²) in [5, 5.41) is 4.17. The second kappa shape index (κ2) is 6.49. The van der Waals surface area contributed by atoms with Crippen LogP contribution >= 0.6 is 11.3 Å². The van der Waals surface area contributed by atoms with Gasteiger partial charge in [0.25, 0.3) is 0 Å². The van der Waals surface area contributed by atoms with Gasteiger partial charge in [-0.1, -0.05) is 35.5 Å². The highest BCUT2D eigenvalue weighted by Gasteiger charge is 2.33. The highest BCUT2D eigenvalue weighted by Crippen LogP contribution is 2.40. The van der Waals surface area contributed by atoms with E-state index in [-0.39, 0.29) is 6.04 Å². The van der Waals surface area contributed by atoms with Gasteiger partial charge in [-0.15, -0.1) is 11.3 Å². The lowest BCUT2D eigenvalue weighted by Crippen LogP contribution is -2.26. The molecule has 24 heavy (non-hydrogen) atoms. The monoisotopic (exact) mass is 339 g/mol. The van der Waals surface area contributed by atoms with Crippen molar-refractivity contribution in [2.45, 2.75) is 38.8 Å². The maximum absolute atomic E-state index is 5.58. The Morgan fingerprint density at radius 3 is 2.79 bits per heavy atom. The van der Waals surface area contributed by atoms with Crippen LogP contribution in [0.5, 0.6) is 0 Å². The molecule has 1 fully saturated rings. The Kier molecular flexibility index (Phi) is 4.21. The number of aryl methyl sites for hydroxylation is 1. The molecule has 1 aliphatic rings. The summed E-state index contributed by atoms with van der Waals surface area (Å²) in [6.45, 7) is 5.41. The van der Waals surface area contributed by atoms with Crippen molar-refractivity contribution >= 4 is 11.3 Å². The average Bonchev–Trinajstić information content (AvgIpc) is 3.35. The molecule has 1 saturated heterocycles. The number of benzene rings is 1. The highest BCUT2D eigenvalue weighted by molar-refractivity contribution is 7.12. The Morgan fingerprint density at radius 2 is 2.04 bits per heavy atom. The summed E-state index contributed by atoms with van der Waals surface area (Å²) in [6, 6.07) is 15.1. The first kappa shape index (κ1) is 15.5. The fraction of sp³-hybridized carbons (Fsp3) is 0.368. The summed E-state index contributed by atoms with van der Waals surface area (Å²) in [5.41, 5.74) is 0.992. The van der Waals surface area contributed by atoms with Gasteiger partial charge in [-0.2, -0.15) is 4.98 Å². The van der Waals surface area contributed by atoms with Crippen LogP contribution in [0.25, 0.3) is 11.4 Å². The summed E-state index contributed by atoms with van der Waals surface area (Å²) >= 11 is 1.90. The lowest BCUT2D eigenvalue weighted by atomic mass is 10.1. The molecule has 2 aromatic heterocycles. The van der Waals surface area contributed by atoms with E-state index in [1.54, 1.807) is 0 Å². The van der Waals surface area contributed by atoms with Crippen molar-refractivity contribution in [2.24, 2.45) is 0 Å². The second-order valence-corrected chi connectivity index (χ2v) is 7.66. The highest BCUT2D eigenvalue weighted by atomic mass is 32.1. The first-order valence-electron chi connectivity index (χ1n) is 8.43. The molecule has 124 valence electrons. The standard InChI is InChI=1S/C19H21N3OS/c1-13-10-11-17(24-13)16-9-6-12-22(16)14(2)19-20-18(21-23-19)15-7-4-3-5-8-15/h3-5,7-8,10-11,14,16H,6,9,12H2,1-2H3. The van der Waals surface area contributed by atoms with Gasteiger partial charge in [0.2, 0.25) is 11.7 Å². The van der Waals surface area contributed by atoms with Gasteiger partial charge in [0, 0.05) is 21.4 Å². The van der Waals surface area contributed by atoms with Crippen LogP contribution in [-0.2, 0) is 0 Å². The van der Waals surface area contributed by atoms with E-state index in [2.05, 4.69) is 41.0 Å². The minimum absolute atomic E-state index is 0.130. The van der Waals surface area contributed by atoms with Crippen LogP contribution in [0.4, 0.5) is 0 Å². The number of hydrogen-bond donors (Lipinski definition) is 0. The zero-order valence-corrected chi connectivity index (χ0v) is 14.8. The van der Waals surface area contributed by atoms with E-state index in [0.717, 1.165) is 12.1 Å². The number of hydrogen-bond acceptors (Lipinski definition) is 5. The van der Waals surface area contributed by atoms with Crippen LogP contribution in [-0.4, -0.2) is 21.6 Å². The Balaban J connectivity index is 1.57. The molecule has 0 spiro atoms. The topological polar surface area (TPSA) is 42.2 Å². The molecule has 0 saturated carbocycles. The molecule has 2 unspecified atom stereocenters. The van der Waals surface area contributed by atoms with Gasteiger partial charge < -0.3 is 4.52 Å². The zero-order chi connectivity index (χ0) is 16.5. The smallest absolute Gasteiger partial charge is 0.244 e. The van der Waals surface area contributed by atoms with Gasteiger partial charge >= 0.3 is 0 Å². The number of rotatable bonds is 4. The number of thiophene rings is 1. The Labute approximate surface area is 146 Å². The molecule has 1 aliphatic heterocycles. The van der Waals surface area contributed by atoms with Crippen LogP contribution in [0.1, 0.15) is 47.5 Å². The van der Waals surface area contributed by atoms with Crippen molar-refractivity contribution in [1.29, 1.82) is 0 Å². The van der Waals surface area contributed by atoms with Crippen molar-refractivity contribution in [3.63, 3.8) is 0 Å². The molecule has 4 rings (SSSR count). The first-order chi connectivity index (χ1) is 11.7. The normalized spacial score (nSPS) is 19.7.